The Hall–Kier alpha value is -0.130. The first-order valence-electron chi connectivity index (χ1n) is 5.16. The fourth-order valence-electron chi connectivity index (χ4n) is 1.90. The minimum Gasteiger partial charge on any atom is -0.381 e. The van der Waals surface area contributed by atoms with E-state index < -0.39 is 10.0 Å². The van der Waals surface area contributed by atoms with Gasteiger partial charge in [0.15, 0.2) is 0 Å². The molecule has 14 heavy (non-hydrogen) atoms. The molecule has 1 aliphatic heterocycles. The van der Waals surface area contributed by atoms with Crippen molar-refractivity contribution in [1.29, 1.82) is 0 Å². The lowest BCUT2D eigenvalue weighted by Gasteiger charge is -2.30. The van der Waals surface area contributed by atoms with Crippen molar-refractivity contribution in [2.24, 2.45) is 0 Å². The fourth-order valence-corrected chi connectivity index (χ4v) is 3.77. The zero-order chi connectivity index (χ0) is 10.2. The molecule has 0 atom stereocenters. The second-order valence-corrected chi connectivity index (χ2v) is 6.29. The van der Waals surface area contributed by atoms with Crippen LogP contribution >= 0.6 is 0 Å². The van der Waals surface area contributed by atoms with Crippen molar-refractivity contribution in [2.75, 3.05) is 20.2 Å². The van der Waals surface area contributed by atoms with Crippen molar-refractivity contribution in [3.8, 4) is 0 Å². The summed E-state index contributed by atoms with van der Waals surface area (Å²) in [5, 5.41) is -0.0680. The second kappa shape index (κ2) is 3.79. The molecule has 1 heterocycles. The predicted molar refractivity (Wildman–Crippen MR) is 53.5 cm³/mol. The standard InChI is InChI=1S/C9H17NO3S/c1-13-8-4-6-10(7-5-8)14(11,12)9-2-3-9/h8-9H,2-7H2,1H3. The van der Waals surface area contributed by atoms with Crippen LogP contribution in [0.1, 0.15) is 25.7 Å². The molecule has 0 radical (unpaired) electrons. The zero-order valence-electron chi connectivity index (χ0n) is 8.48. The molecule has 4 nitrogen and oxygen atoms in total. The number of piperidine rings is 1. The number of hydrogen-bond acceptors (Lipinski definition) is 3. The molecule has 5 heteroatoms. The van der Waals surface area contributed by atoms with Crippen molar-refractivity contribution >= 4 is 10.0 Å². The maximum Gasteiger partial charge on any atom is 0.216 e. The van der Waals surface area contributed by atoms with Gasteiger partial charge in [0, 0.05) is 20.2 Å². The summed E-state index contributed by atoms with van der Waals surface area (Å²) in [5.41, 5.74) is 0. The number of sulfonamides is 1. The average Bonchev–Trinajstić information content (AvgIpc) is 3.01. The Balaban J connectivity index is 1.94. The Morgan fingerprint density at radius 2 is 1.71 bits per heavy atom. The van der Waals surface area contributed by atoms with Crippen LogP contribution in [-0.4, -0.2) is 44.3 Å². The Kier molecular flexibility index (Phi) is 2.81. The summed E-state index contributed by atoms with van der Waals surface area (Å²) in [6, 6.07) is 0. The lowest BCUT2D eigenvalue weighted by molar-refractivity contribution is 0.0604. The lowest BCUT2D eigenvalue weighted by Crippen LogP contribution is -2.42. The minimum atomic E-state index is -2.94. The molecule has 0 aromatic heterocycles. The molecule has 2 aliphatic rings. The first-order valence-corrected chi connectivity index (χ1v) is 6.66. The molecule has 1 saturated carbocycles. The van der Waals surface area contributed by atoms with Gasteiger partial charge in [-0.15, -0.1) is 0 Å². The summed E-state index contributed by atoms with van der Waals surface area (Å²) in [5.74, 6) is 0. The SMILES string of the molecule is COC1CCN(S(=O)(=O)C2CC2)CC1. The number of methoxy groups -OCH3 is 1. The van der Waals surface area contributed by atoms with Gasteiger partial charge < -0.3 is 4.74 Å². The Morgan fingerprint density at radius 1 is 1.14 bits per heavy atom. The summed E-state index contributed by atoms with van der Waals surface area (Å²) in [7, 11) is -1.25. The highest BCUT2D eigenvalue weighted by atomic mass is 32.2. The highest BCUT2D eigenvalue weighted by Gasteiger charge is 2.41. The molecule has 1 aliphatic carbocycles. The van der Waals surface area contributed by atoms with E-state index in [-0.39, 0.29) is 11.4 Å². The number of nitrogens with zero attached hydrogens (tertiary/aromatic N) is 1. The van der Waals surface area contributed by atoms with Gasteiger partial charge in [-0.25, -0.2) is 12.7 Å². The molecule has 2 fully saturated rings. The summed E-state index contributed by atoms with van der Waals surface area (Å²) in [4.78, 5) is 0. The van der Waals surface area contributed by atoms with E-state index in [1.165, 1.54) is 0 Å². The number of rotatable bonds is 3. The van der Waals surface area contributed by atoms with Crippen molar-refractivity contribution in [3.05, 3.63) is 0 Å². The Bertz CT molecular complexity index is 289. The highest BCUT2D eigenvalue weighted by molar-refractivity contribution is 7.90. The molecule has 82 valence electrons. The van der Waals surface area contributed by atoms with Gasteiger partial charge in [-0.3, -0.25) is 0 Å². The highest BCUT2D eigenvalue weighted by Crippen LogP contribution is 2.32. The van der Waals surface area contributed by atoms with Gasteiger partial charge in [0.25, 0.3) is 0 Å². The first-order chi connectivity index (χ1) is 6.64. The maximum absolute atomic E-state index is 11.8. The molecule has 0 amide bonds. The van der Waals surface area contributed by atoms with E-state index in [9.17, 15) is 8.42 Å². The maximum atomic E-state index is 11.8. The van der Waals surface area contributed by atoms with Gasteiger partial charge in [0.1, 0.15) is 0 Å². The van der Waals surface area contributed by atoms with Crippen LogP contribution in [0.3, 0.4) is 0 Å². The normalized spacial score (nSPS) is 26.6. The number of hydrogen-bond donors (Lipinski definition) is 0. The predicted octanol–water partition coefficient (Wildman–Crippen LogP) is 0.589. The van der Waals surface area contributed by atoms with Gasteiger partial charge >= 0.3 is 0 Å². The third-order valence-electron chi connectivity index (χ3n) is 3.04. The summed E-state index contributed by atoms with van der Waals surface area (Å²) in [6.07, 6.45) is 3.63. The smallest absolute Gasteiger partial charge is 0.216 e. The molecule has 1 saturated heterocycles. The molecule has 0 aromatic carbocycles. The van der Waals surface area contributed by atoms with E-state index in [1.54, 1.807) is 11.4 Å². The molecular weight excluding hydrogens is 202 g/mol. The summed E-state index contributed by atoms with van der Waals surface area (Å²) < 4.78 is 30.5. The Labute approximate surface area is 85.3 Å². The van der Waals surface area contributed by atoms with Crippen LogP contribution in [0.5, 0.6) is 0 Å². The van der Waals surface area contributed by atoms with Crippen LogP contribution in [0, 0.1) is 0 Å². The van der Waals surface area contributed by atoms with Crippen LogP contribution in [0.25, 0.3) is 0 Å². The quantitative estimate of drug-likeness (QED) is 0.698. The minimum absolute atomic E-state index is 0.0680. The number of ether oxygens (including phenoxy) is 1. The van der Waals surface area contributed by atoms with E-state index in [2.05, 4.69) is 0 Å². The monoisotopic (exact) mass is 219 g/mol. The molecule has 0 spiro atoms. The van der Waals surface area contributed by atoms with Crippen molar-refractivity contribution in [1.82, 2.24) is 4.31 Å². The third kappa shape index (κ3) is 1.94. The molecule has 0 bridgehead atoms. The van der Waals surface area contributed by atoms with Crippen LogP contribution < -0.4 is 0 Å². The van der Waals surface area contributed by atoms with Crippen LogP contribution in [0.2, 0.25) is 0 Å². The Morgan fingerprint density at radius 3 is 2.14 bits per heavy atom. The van der Waals surface area contributed by atoms with E-state index in [0.29, 0.717) is 13.1 Å². The van der Waals surface area contributed by atoms with Crippen molar-refractivity contribution in [3.63, 3.8) is 0 Å². The molecule has 0 aromatic rings. The van der Waals surface area contributed by atoms with E-state index >= 15 is 0 Å². The van der Waals surface area contributed by atoms with Gasteiger partial charge in [-0.1, -0.05) is 0 Å². The zero-order valence-corrected chi connectivity index (χ0v) is 9.29. The lowest BCUT2D eigenvalue weighted by atomic mass is 10.1. The van der Waals surface area contributed by atoms with Gasteiger partial charge in [-0.05, 0) is 25.7 Å². The van der Waals surface area contributed by atoms with E-state index in [4.69, 9.17) is 4.74 Å². The van der Waals surface area contributed by atoms with Gasteiger partial charge in [0.05, 0.1) is 11.4 Å². The molecular formula is C9H17NO3S. The van der Waals surface area contributed by atoms with Gasteiger partial charge in [0.2, 0.25) is 10.0 Å². The molecule has 0 N–H and O–H groups in total. The van der Waals surface area contributed by atoms with Crippen LogP contribution in [0.4, 0.5) is 0 Å². The summed E-state index contributed by atoms with van der Waals surface area (Å²) >= 11 is 0. The van der Waals surface area contributed by atoms with E-state index in [1.807, 2.05) is 0 Å². The molecule has 0 unspecified atom stereocenters. The van der Waals surface area contributed by atoms with Crippen LogP contribution in [0.15, 0.2) is 0 Å². The van der Waals surface area contributed by atoms with E-state index in [0.717, 1.165) is 25.7 Å². The fraction of sp³-hybridized carbons (Fsp3) is 1.00. The first kappa shape index (κ1) is 10.4. The van der Waals surface area contributed by atoms with Crippen LogP contribution in [-0.2, 0) is 14.8 Å². The van der Waals surface area contributed by atoms with Crippen molar-refractivity contribution in [2.45, 2.75) is 37.0 Å². The summed E-state index contributed by atoms with van der Waals surface area (Å²) in [6.45, 7) is 1.27. The second-order valence-electron chi connectivity index (χ2n) is 4.08. The topological polar surface area (TPSA) is 46.6 Å². The van der Waals surface area contributed by atoms with Crippen molar-refractivity contribution < 1.29 is 13.2 Å². The third-order valence-corrected chi connectivity index (χ3v) is 5.44. The van der Waals surface area contributed by atoms with Gasteiger partial charge in [-0.2, -0.15) is 0 Å². The largest absolute Gasteiger partial charge is 0.381 e. The average molecular weight is 219 g/mol. The molecule has 2 rings (SSSR count).